The Bertz CT molecular complexity index is 588. The van der Waals surface area contributed by atoms with Gasteiger partial charge >= 0.3 is 5.97 Å². The number of rotatable bonds is 7. The second kappa shape index (κ2) is 9.13. The fourth-order valence-corrected chi connectivity index (χ4v) is 4.24. The monoisotopic (exact) mass is 365 g/mol. The molecule has 0 bridgehead atoms. The van der Waals surface area contributed by atoms with Crippen LogP contribution in [0.4, 0.5) is 0 Å². The molecule has 2 rings (SSSR count). The Morgan fingerprint density at radius 3 is 2.52 bits per heavy atom. The molecule has 1 aliphatic heterocycles. The largest absolute Gasteiger partial charge is 0.497 e. The van der Waals surface area contributed by atoms with Gasteiger partial charge in [-0.2, -0.15) is 0 Å². The summed E-state index contributed by atoms with van der Waals surface area (Å²) in [5.41, 5.74) is 0.556. The van der Waals surface area contributed by atoms with Gasteiger partial charge in [0, 0.05) is 11.3 Å². The number of amides is 1. The SMILES string of the molecule is CCCCOC(=O)[C@H]1CS[C@H](C(C)C)N1C(=O)c1ccc(OC)cc1. The van der Waals surface area contributed by atoms with E-state index in [0.717, 1.165) is 12.8 Å². The summed E-state index contributed by atoms with van der Waals surface area (Å²) in [7, 11) is 1.59. The summed E-state index contributed by atoms with van der Waals surface area (Å²) >= 11 is 1.64. The second-order valence-corrected chi connectivity index (χ2v) is 7.60. The summed E-state index contributed by atoms with van der Waals surface area (Å²) in [6.07, 6.45) is 1.81. The highest BCUT2D eigenvalue weighted by molar-refractivity contribution is 8.00. The van der Waals surface area contributed by atoms with E-state index in [2.05, 4.69) is 13.8 Å². The number of benzene rings is 1. The summed E-state index contributed by atoms with van der Waals surface area (Å²) in [5.74, 6) is 1.09. The Balaban J connectivity index is 2.19. The van der Waals surface area contributed by atoms with Gasteiger partial charge in [-0.1, -0.05) is 27.2 Å². The van der Waals surface area contributed by atoms with Crippen molar-refractivity contribution in [1.29, 1.82) is 0 Å². The van der Waals surface area contributed by atoms with Gasteiger partial charge in [-0.05, 0) is 36.6 Å². The van der Waals surface area contributed by atoms with Crippen molar-refractivity contribution in [3.8, 4) is 5.75 Å². The molecule has 1 heterocycles. The molecule has 1 amide bonds. The van der Waals surface area contributed by atoms with Crippen LogP contribution in [0.15, 0.2) is 24.3 Å². The van der Waals surface area contributed by atoms with Gasteiger partial charge in [-0.25, -0.2) is 4.79 Å². The van der Waals surface area contributed by atoms with Crippen LogP contribution in [0.1, 0.15) is 44.0 Å². The van der Waals surface area contributed by atoms with Crippen LogP contribution >= 0.6 is 11.8 Å². The van der Waals surface area contributed by atoms with Gasteiger partial charge in [-0.3, -0.25) is 4.79 Å². The number of carbonyl (C=O) groups excluding carboxylic acids is 2. The Kier molecular flexibility index (Phi) is 7.17. The molecule has 0 aliphatic carbocycles. The number of methoxy groups -OCH3 is 1. The predicted octanol–water partition coefficient (Wildman–Crippen LogP) is 3.58. The van der Waals surface area contributed by atoms with Crippen LogP contribution < -0.4 is 4.74 Å². The van der Waals surface area contributed by atoms with Crippen molar-refractivity contribution in [3.63, 3.8) is 0 Å². The van der Waals surface area contributed by atoms with Crippen LogP contribution in [-0.2, 0) is 9.53 Å². The molecule has 0 unspecified atom stereocenters. The zero-order chi connectivity index (χ0) is 18.4. The Morgan fingerprint density at radius 1 is 1.28 bits per heavy atom. The van der Waals surface area contributed by atoms with Crippen LogP contribution in [0.3, 0.4) is 0 Å². The second-order valence-electron chi connectivity index (χ2n) is 6.45. The van der Waals surface area contributed by atoms with E-state index in [1.54, 1.807) is 48.0 Å². The van der Waals surface area contributed by atoms with Gasteiger partial charge in [-0.15, -0.1) is 11.8 Å². The highest BCUT2D eigenvalue weighted by Crippen LogP contribution is 2.35. The van der Waals surface area contributed by atoms with Crippen LogP contribution in [-0.4, -0.2) is 47.7 Å². The number of esters is 1. The average molecular weight is 365 g/mol. The quantitative estimate of drug-likeness (QED) is 0.546. The maximum Gasteiger partial charge on any atom is 0.329 e. The first-order valence-corrected chi connectivity index (χ1v) is 9.79. The molecule has 1 aromatic rings. The zero-order valence-corrected chi connectivity index (χ0v) is 16.2. The average Bonchev–Trinajstić information content (AvgIpc) is 3.06. The highest BCUT2D eigenvalue weighted by atomic mass is 32.2. The number of ether oxygens (including phenoxy) is 2. The molecule has 1 fully saturated rings. The third-order valence-electron chi connectivity index (χ3n) is 4.19. The maximum absolute atomic E-state index is 13.1. The third-order valence-corrected chi connectivity index (χ3v) is 5.81. The molecular formula is C19H27NO4S. The molecule has 1 aromatic carbocycles. The van der Waals surface area contributed by atoms with E-state index in [4.69, 9.17) is 9.47 Å². The minimum absolute atomic E-state index is 0.0293. The van der Waals surface area contributed by atoms with Gasteiger partial charge in [0.15, 0.2) is 0 Å². The van der Waals surface area contributed by atoms with Crippen molar-refractivity contribution < 1.29 is 19.1 Å². The van der Waals surface area contributed by atoms with Gasteiger partial charge in [0.25, 0.3) is 5.91 Å². The fourth-order valence-electron chi connectivity index (χ4n) is 2.78. The lowest BCUT2D eigenvalue weighted by Gasteiger charge is -2.30. The molecule has 0 N–H and O–H groups in total. The molecule has 0 aromatic heterocycles. The fraction of sp³-hybridized carbons (Fsp3) is 0.579. The van der Waals surface area contributed by atoms with E-state index >= 15 is 0 Å². The number of hydrogen-bond donors (Lipinski definition) is 0. The Morgan fingerprint density at radius 2 is 1.96 bits per heavy atom. The normalized spacial score (nSPS) is 20.0. The van der Waals surface area contributed by atoms with E-state index in [0.29, 0.717) is 23.7 Å². The summed E-state index contributed by atoms with van der Waals surface area (Å²) in [6, 6.07) is 6.47. The lowest BCUT2D eigenvalue weighted by Crippen LogP contribution is -2.47. The van der Waals surface area contributed by atoms with E-state index < -0.39 is 6.04 Å². The number of hydrogen-bond acceptors (Lipinski definition) is 5. The van der Waals surface area contributed by atoms with E-state index in [9.17, 15) is 9.59 Å². The van der Waals surface area contributed by atoms with Crippen LogP contribution in [0.25, 0.3) is 0 Å². The molecule has 2 atom stereocenters. The van der Waals surface area contributed by atoms with Crippen molar-refractivity contribution in [2.24, 2.45) is 5.92 Å². The van der Waals surface area contributed by atoms with E-state index in [1.807, 2.05) is 6.92 Å². The van der Waals surface area contributed by atoms with Gasteiger partial charge in [0.1, 0.15) is 11.8 Å². The molecule has 1 aliphatic rings. The van der Waals surface area contributed by atoms with E-state index in [1.165, 1.54) is 0 Å². The molecule has 0 spiro atoms. The Labute approximate surface area is 154 Å². The minimum atomic E-state index is -0.524. The molecule has 1 saturated heterocycles. The number of carbonyl (C=O) groups is 2. The van der Waals surface area contributed by atoms with Gasteiger partial charge in [0.2, 0.25) is 0 Å². The number of thioether (sulfide) groups is 1. The summed E-state index contributed by atoms with van der Waals surface area (Å²) < 4.78 is 10.5. The van der Waals surface area contributed by atoms with Crippen LogP contribution in [0, 0.1) is 5.92 Å². The maximum atomic E-state index is 13.1. The van der Waals surface area contributed by atoms with Crippen molar-refractivity contribution >= 4 is 23.6 Å². The number of nitrogens with zero attached hydrogens (tertiary/aromatic N) is 1. The van der Waals surface area contributed by atoms with Crippen LogP contribution in [0.5, 0.6) is 5.75 Å². The van der Waals surface area contributed by atoms with E-state index in [-0.39, 0.29) is 23.2 Å². The van der Waals surface area contributed by atoms with Crippen molar-refractivity contribution in [2.45, 2.75) is 45.0 Å². The topological polar surface area (TPSA) is 55.8 Å². The van der Waals surface area contributed by atoms with Crippen molar-refractivity contribution in [3.05, 3.63) is 29.8 Å². The molecule has 0 radical (unpaired) electrons. The first kappa shape index (κ1) is 19.6. The highest BCUT2D eigenvalue weighted by Gasteiger charge is 2.43. The van der Waals surface area contributed by atoms with Gasteiger partial charge in [0.05, 0.1) is 19.1 Å². The van der Waals surface area contributed by atoms with Gasteiger partial charge < -0.3 is 14.4 Å². The third kappa shape index (κ3) is 4.69. The molecular weight excluding hydrogens is 338 g/mol. The standard InChI is InChI=1S/C19H27NO4S/c1-5-6-11-24-19(22)16-12-25-18(13(2)3)20(16)17(21)14-7-9-15(23-4)10-8-14/h7-10,13,16,18H,5-6,11-12H2,1-4H3/t16-,18-/m1/s1. The molecule has 25 heavy (non-hydrogen) atoms. The molecule has 138 valence electrons. The smallest absolute Gasteiger partial charge is 0.329 e. The first-order valence-electron chi connectivity index (χ1n) is 8.74. The zero-order valence-electron chi connectivity index (χ0n) is 15.4. The molecule has 5 nitrogen and oxygen atoms in total. The minimum Gasteiger partial charge on any atom is -0.497 e. The first-order chi connectivity index (χ1) is 12.0. The predicted molar refractivity (Wildman–Crippen MR) is 99.9 cm³/mol. The lowest BCUT2D eigenvalue weighted by molar-refractivity contribution is -0.148. The summed E-state index contributed by atoms with van der Waals surface area (Å²) in [4.78, 5) is 27.3. The molecule has 6 heteroatoms. The lowest BCUT2D eigenvalue weighted by atomic mass is 10.1. The summed E-state index contributed by atoms with van der Waals surface area (Å²) in [6.45, 7) is 6.59. The van der Waals surface area contributed by atoms with Crippen LogP contribution in [0.2, 0.25) is 0 Å². The van der Waals surface area contributed by atoms with Crippen molar-refractivity contribution in [2.75, 3.05) is 19.5 Å². The summed E-state index contributed by atoms with van der Waals surface area (Å²) in [5, 5.41) is -0.0293. The van der Waals surface area contributed by atoms with Crippen molar-refractivity contribution in [1.82, 2.24) is 4.90 Å². The Hall–Kier alpha value is -1.69. The number of unbranched alkanes of at least 4 members (excludes halogenated alkanes) is 1. The molecule has 0 saturated carbocycles.